The van der Waals surface area contributed by atoms with Gasteiger partial charge in [0.15, 0.2) is 5.65 Å². The van der Waals surface area contributed by atoms with Crippen LogP contribution in [-0.2, 0) is 4.74 Å². The van der Waals surface area contributed by atoms with Crippen LogP contribution >= 0.6 is 0 Å². The Bertz CT molecular complexity index is 921. The van der Waals surface area contributed by atoms with Crippen molar-refractivity contribution in [1.29, 1.82) is 0 Å². The van der Waals surface area contributed by atoms with Gasteiger partial charge < -0.3 is 15.0 Å². The van der Waals surface area contributed by atoms with Crippen LogP contribution in [0.4, 0.5) is 5.82 Å². The van der Waals surface area contributed by atoms with Crippen LogP contribution in [0, 0.1) is 0 Å². The van der Waals surface area contributed by atoms with E-state index in [4.69, 9.17) is 9.72 Å². The molecule has 142 valence electrons. The first kappa shape index (κ1) is 17.9. The molecule has 0 amide bonds. The van der Waals surface area contributed by atoms with Crippen molar-refractivity contribution in [3.05, 3.63) is 36.5 Å². The SMILES string of the molecule is COC(C)(C)CC1CN(c2cccc(-c3n[nH]c4ncccc34)n2)CCN1. The summed E-state index contributed by atoms with van der Waals surface area (Å²) in [5.74, 6) is 0.981. The van der Waals surface area contributed by atoms with Crippen LogP contribution < -0.4 is 10.2 Å². The van der Waals surface area contributed by atoms with Crippen molar-refractivity contribution in [2.24, 2.45) is 0 Å². The summed E-state index contributed by atoms with van der Waals surface area (Å²) in [4.78, 5) is 11.5. The van der Waals surface area contributed by atoms with Gasteiger partial charge in [-0.15, -0.1) is 0 Å². The molecular weight excluding hydrogens is 340 g/mol. The van der Waals surface area contributed by atoms with E-state index in [2.05, 4.69) is 45.3 Å². The number of hydrogen-bond donors (Lipinski definition) is 2. The minimum atomic E-state index is -0.142. The molecule has 3 aromatic heterocycles. The third-order valence-corrected chi connectivity index (χ3v) is 5.18. The van der Waals surface area contributed by atoms with Crippen molar-refractivity contribution in [1.82, 2.24) is 25.5 Å². The van der Waals surface area contributed by atoms with Crippen LogP contribution in [0.1, 0.15) is 20.3 Å². The predicted octanol–water partition coefficient (Wildman–Crippen LogP) is 2.61. The van der Waals surface area contributed by atoms with E-state index in [9.17, 15) is 0 Å². The van der Waals surface area contributed by atoms with E-state index in [-0.39, 0.29) is 5.60 Å². The normalized spacial score (nSPS) is 18.2. The molecule has 4 heterocycles. The zero-order chi connectivity index (χ0) is 18.9. The topological polar surface area (TPSA) is 79.0 Å². The van der Waals surface area contributed by atoms with E-state index in [1.54, 1.807) is 13.3 Å². The van der Waals surface area contributed by atoms with E-state index in [0.29, 0.717) is 6.04 Å². The Morgan fingerprint density at radius 2 is 2.15 bits per heavy atom. The number of fused-ring (bicyclic) bond motifs is 1. The lowest BCUT2D eigenvalue weighted by Crippen LogP contribution is -2.53. The zero-order valence-electron chi connectivity index (χ0n) is 16.1. The van der Waals surface area contributed by atoms with Crippen molar-refractivity contribution in [3.63, 3.8) is 0 Å². The van der Waals surface area contributed by atoms with Crippen LogP contribution in [0.2, 0.25) is 0 Å². The van der Waals surface area contributed by atoms with Gasteiger partial charge >= 0.3 is 0 Å². The summed E-state index contributed by atoms with van der Waals surface area (Å²) in [7, 11) is 1.77. The molecule has 0 spiro atoms. The Balaban J connectivity index is 1.57. The summed E-state index contributed by atoms with van der Waals surface area (Å²) in [6, 6.07) is 10.4. The van der Waals surface area contributed by atoms with Gasteiger partial charge in [-0.25, -0.2) is 9.97 Å². The summed E-state index contributed by atoms with van der Waals surface area (Å²) in [5, 5.41) is 12.0. The fraction of sp³-hybridized carbons (Fsp3) is 0.450. The Kier molecular flexibility index (Phi) is 4.80. The van der Waals surface area contributed by atoms with Crippen molar-refractivity contribution in [3.8, 4) is 11.4 Å². The third kappa shape index (κ3) is 3.79. The molecule has 0 saturated carbocycles. The maximum Gasteiger partial charge on any atom is 0.155 e. The minimum absolute atomic E-state index is 0.142. The summed E-state index contributed by atoms with van der Waals surface area (Å²) in [5.41, 5.74) is 2.34. The summed E-state index contributed by atoms with van der Waals surface area (Å²) < 4.78 is 5.60. The number of anilines is 1. The lowest BCUT2D eigenvalue weighted by Gasteiger charge is -2.38. The Hall–Kier alpha value is -2.51. The fourth-order valence-electron chi connectivity index (χ4n) is 3.63. The van der Waals surface area contributed by atoms with Crippen LogP contribution in [0.25, 0.3) is 22.4 Å². The van der Waals surface area contributed by atoms with Crippen LogP contribution in [0.3, 0.4) is 0 Å². The van der Waals surface area contributed by atoms with E-state index < -0.39 is 0 Å². The van der Waals surface area contributed by atoms with Crippen LogP contribution in [-0.4, -0.2) is 58.6 Å². The second kappa shape index (κ2) is 7.25. The van der Waals surface area contributed by atoms with E-state index in [0.717, 1.165) is 54.3 Å². The monoisotopic (exact) mass is 366 g/mol. The van der Waals surface area contributed by atoms with Crippen molar-refractivity contribution in [2.75, 3.05) is 31.6 Å². The van der Waals surface area contributed by atoms with Gasteiger partial charge in [0, 0.05) is 44.4 Å². The average Bonchev–Trinajstić information content (AvgIpc) is 3.12. The number of nitrogens with zero attached hydrogens (tertiary/aromatic N) is 4. The molecule has 1 aliphatic heterocycles. The number of hydrogen-bond acceptors (Lipinski definition) is 6. The summed E-state index contributed by atoms with van der Waals surface area (Å²) >= 11 is 0. The standard InChI is InChI=1S/C20H26N6O/c1-20(2,27-3)12-14-13-26(11-10-21-14)17-8-4-7-16(23-17)18-15-6-5-9-22-19(15)25-24-18/h4-9,14,21H,10-13H2,1-3H3,(H,22,24,25). The van der Waals surface area contributed by atoms with Crippen molar-refractivity contribution < 1.29 is 4.74 Å². The molecule has 7 heteroatoms. The van der Waals surface area contributed by atoms with Gasteiger partial charge in [-0.3, -0.25) is 5.10 Å². The average molecular weight is 366 g/mol. The molecule has 1 atom stereocenters. The number of nitrogens with one attached hydrogen (secondary N) is 2. The molecule has 27 heavy (non-hydrogen) atoms. The van der Waals surface area contributed by atoms with Crippen molar-refractivity contribution in [2.45, 2.75) is 31.9 Å². The van der Waals surface area contributed by atoms with Gasteiger partial charge in [0.25, 0.3) is 0 Å². The highest BCUT2D eigenvalue weighted by atomic mass is 16.5. The summed E-state index contributed by atoms with van der Waals surface area (Å²) in [6.45, 7) is 7.04. The second-order valence-corrected chi connectivity index (χ2v) is 7.62. The number of ether oxygens (including phenoxy) is 1. The first-order chi connectivity index (χ1) is 13.1. The molecule has 0 radical (unpaired) electrons. The zero-order valence-corrected chi connectivity index (χ0v) is 16.1. The number of piperazine rings is 1. The molecule has 0 aromatic carbocycles. The fourth-order valence-corrected chi connectivity index (χ4v) is 3.63. The largest absolute Gasteiger partial charge is 0.379 e. The number of pyridine rings is 2. The van der Waals surface area contributed by atoms with E-state index >= 15 is 0 Å². The third-order valence-electron chi connectivity index (χ3n) is 5.18. The molecule has 1 aliphatic rings. The number of methoxy groups -OCH3 is 1. The smallest absolute Gasteiger partial charge is 0.155 e. The van der Waals surface area contributed by atoms with E-state index in [1.165, 1.54) is 0 Å². The maximum absolute atomic E-state index is 5.60. The predicted molar refractivity (Wildman–Crippen MR) is 107 cm³/mol. The highest BCUT2D eigenvalue weighted by molar-refractivity contribution is 5.89. The molecule has 1 fully saturated rings. The van der Waals surface area contributed by atoms with Gasteiger partial charge in [0.1, 0.15) is 11.5 Å². The van der Waals surface area contributed by atoms with Gasteiger partial charge in [0.2, 0.25) is 0 Å². The van der Waals surface area contributed by atoms with Crippen molar-refractivity contribution >= 4 is 16.9 Å². The van der Waals surface area contributed by atoms with Crippen LogP contribution in [0.5, 0.6) is 0 Å². The summed E-state index contributed by atoms with van der Waals surface area (Å²) in [6.07, 6.45) is 2.71. The molecule has 0 bridgehead atoms. The van der Waals surface area contributed by atoms with Crippen LogP contribution in [0.15, 0.2) is 36.5 Å². The Morgan fingerprint density at radius 1 is 1.26 bits per heavy atom. The van der Waals surface area contributed by atoms with Gasteiger partial charge in [-0.2, -0.15) is 5.10 Å². The second-order valence-electron chi connectivity index (χ2n) is 7.62. The first-order valence-corrected chi connectivity index (χ1v) is 9.36. The lowest BCUT2D eigenvalue weighted by atomic mass is 9.97. The molecular formula is C20H26N6O. The molecule has 2 N–H and O–H groups in total. The first-order valence-electron chi connectivity index (χ1n) is 9.36. The molecule has 3 aromatic rings. The molecule has 1 unspecified atom stereocenters. The van der Waals surface area contributed by atoms with E-state index in [1.807, 2.05) is 24.3 Å². The highest BCUT2D eigenvalue weighted by Gasteiger charge is 2.27. The molecule has 1 saturated heterocycles. The number of H-pyrrole nitrogens is 1. The van der Waals surface area contributed by atoms with Gasteiger partial charge in [0.05, 0.1) is 11.3 Å². The molecule has 4 rings (SSSR count). The maximum atomic E-state index is 5.60. The number of rotatable bonds is 5. The van der Waals surface area contributed by atoms with Gasteiger partial charge in [-0.05, 0) is 44.5 Å². The highest BCUT2D eigenvalue weighted by Crippen LogP contribution is 2.26. The Morgan fingerprint density at radius 3 is 3.00 bits per heavy atom. The quantitative estimate of drug-likeness (QED) is 0.723. The Labute approximate surface area is 159 Å². The number of aromatic amines is 1. The number of aromatic nitrogens is 4. The lowest BCUT2D eigenvalue weighted by molar-refractivity contribution is 0.00686. The van der Waals surface area contributed by atoms with Gasteiger partial charge in [-0.1, -0.05) is 6.07 Å². The molecule has 7 nitrogen and oxygen atoms in total. The minimum Gasteiger partial charge on any atom is -0.379 e. The molecule has 0 aliphatic carbocycles.